The van der Waals surface area contributed by atoms with Crippen LogP contribution in [0.4, 0.5) is 0 Å². The maximum Gasteiger partial charge on any atom is 0.187 e. The second-order valence-corrected chi connectivity index (χ2v) is 5.59. The number of nitrogens with one attached hydrogen (secondary N) is 2. The van der Waals surface area contributed by atoms with Crippen LogP contribution in [0.25, 0.3) is 0 Å². The van der Waals surface area contributed by atoms with E-state index >= 15 is 0 Å². The Bertz CT molecular complexity index is 467. The molecule has 1 aliphatic rings. The summed E-state index contributed by atoms with van der Waals surface area (Å²) in [5.41, 5.74) is 3.88. The van der Waals surface area contributed by atoms with Gasteiger partial charge in [-0.2, -0.15) is 5.10 Å². The fourth-order valence-electron chi connectivity index (χ4n) is 2.45. The van der Waals surface area contributed by atoms with E-state index in [1.807, 2.05) is 31.2 Å². The van der Waals surface area contributed by atoms with E-state index in [-0.39, 0.29) is 0 Å². The van der Waals surface area contributed by atoms with Gasteiger partial charge in [-0.1, -0.05) is 19.3 Å². The van der Waals surface area contributed by atoms with Crippen molar-refractivity contribution in [2.24, 2.45) is 5.10 Å². The molecule has 0 aliphatic heterocycles. The van der Waals surface area contributed by atoms with Crippen LogP contribution in [0.1, 0.15) is 44.6 Å². The molecule has 0 aromatic heterocycles. The van der Waals surface area contributed by atoms with Crippen LogP contribution in [0, 0.1) is 0 Å². The quantitative estimate of drug-likeness (QED) is 0.498. The molecule has 2 rings (SSSR count). The molecule has 1 fully saturated rings. The zero-order valence-corrected chi connectivity index (χ0v) is 13.3. The highest BCUT2D eigenvalue weighted by atomic mass is 32.1. The first-order valence-corrected chi connectivity index (χ1v) is 8.01. The average molecular weight is 305 g/mol. The van der Waals surface area contributed by atoms with Crippen molar-refractivity contribution in [1.29, 1.82) is 0 Å². The largest absolute Gasteiger partial charge is 0.494 e. The van der Waals surface area contributed by atoms with E-state index in [1.54, 1.807) is 6.21 Å². The maximum atomic E-state index is 5.40. The van der Waals surface area contributed by atoms with Crippen LogP contribution < -0.4 is 15.5 Å². The summed E-state index contributed by atoms with van der Waals surface area (Å²) in [7, 11) is 0. The van der Waals surface area contributed by atoms with Crippen molar-refractivity contribution >= 4 is 23.5 Å². The summed E-state index contributed by atoms with van der Waals surface area (Å²) in [5, 5.41) is 8.08. The molecular formula is C16H23N3OS. The number of hydrogen-bond donors (Lipinski definition) is 2. The molecule has 1 aliphatic carbocycles. The molecular weight excluding hydrogens is 282 g/mol. The van der Waals surface area contributed by atoms with Crippen molar-refractivity contribution in [3.63, 3.8) is 0 Å². The van der Waals surface area contributed by atoms with Crippen molar-refractivity contribution in [3.8, 4) is 5.75 Å². The SMILES string of the molecule is CCOc1ccc(/C=N/NC(=S)NC2CCCCC2)cc1. The van der Waals surface area contributed by atoms with Gasteiger partial charge < -0.3 is 10.1 Å². The maximum absolute atomic E-state index is 5.40. The third-order valence-corrected chi connectivity index (χ3v) is 3.72. The Labute approximate surface area is 132 Å². The van der Waals surface area contributed by atoms with Crippen LogP contribution in [0.5, 0.6) is 5.75 Å². The fourth-order valence-corrected chi connectivity index (χ4v) is 2.67. The van der Waals surface area contributed by atoms with Crippen LogP contribution >= 0.6 is 12.2 Å². The topological polar surface area (TPSA) is 45.6 Å². The van der Waals surface area contributed by atoms with Crippen LogP contribution in [-0.2, 0) is 0 Å². The summed E-state index contributed by atoms with van der Waals surface area (Å²) in [6.07, 6.45) is 8.07. The van der Waals surface area contributed by atoms with Crippen LogP contribution in [0.3, 0.4) is 0 Å². The van der Waals surface area contributed by atoms with Gasteiger partial charge in [0, 0.05) is 6.04 Å². The van der Waals surface area contributed by atoms with Gasteiger partial charge in [-0.3, -0.25) is 5.43 Å². The molecule has 1 saturated carbocycles. The van der Waals surface area contributed by atoms with E-state index in [9.17, 15) is 0 Å². The average Bonchev–Trinajstić information content (AvgIpc) is 2.50. The molecule has 0 saturated heterocycles. The summed E-state index contributed by atoms with van der Waals surface area (Å²) >= 11 is 5.25. The Kier molecular flexibility index (Phi) is 6.47. The van der Waals surface area contributed by atoms with Gasteiger partial charge in [-0.05, 0) is 61.8 Å². The van der Waals surface area contributed by atoms with Gasteiger partial charge in [0.1, 0.15) is 5.75 Å². The number of rotatable bonds is 5. The first-order chi connectivity index (χ1) is 10.3. The molecule has 0 atom stereocenters. The third-order valence-electron chi connectivity index (χ3n) is 3.51. The van der Waals surface area contributed by atoms with Gasteiger partial charge in [-0.15, -0.1) is 0 Å². The molecule has 4 nitrogen and oxygen atoms in total. The molecule has 114 valence electrons. The molecule has 21 heavy (non-hydrogen) atoms. The highest BCUT2D eigenvalue weighted by Crippen LogP contribution is 2.17. The van der Waals surface area contributed by atoms with Crippen LogP contribution in [0.2, 0.25) is 0 Å². The lowest BCUT2D eigenvalue weighted by atomic mass is 9.96. The summed E-state index contributed by atoms with van der Waals surface area (Å²) in [5.74, 6) is 0.872. The van der Waals surface area contributed by atoms with E-state index in [2.05, 4.69) is 15.8 Å². The van der Waals surface area contributed by atoms with Gasteiger partial charge in [-0.25, -0.2) is 0 Å². The van der Waals surface area contributed by atoms with Crippen molar-refractivity contribution in [2.45, 2.75) is 45.1 Å². The molecule has 0 amide bonds. The first-order valence-electron chi connectivity index (χ1n) is 7.60. The predicted octanol–water partition coefficient (Wildman–Crippen LogP) is 3.22. The fraction of sp³-hybridized carbons (Fsp3) is 0.500. The van der Waals surface area contributed by atoms with E-state index in [4.69, 9.17) is 17.0 Å². The molecule has 0 spiro atoms. The minimum atomic E-state index is 0.499. The zero-order valence-electron chi connectivity index (χ0n) is 12.5. The highest BCUT2D eigenvalue weighted by molar-refractivity contribution is 7.80. The summed E-state index contributed by atoms with van der Waals surface area (Å²) < 4.78 is 5.40. The van der Waals surface area contributed by atoms with Crippen molar-refractivity contribution < 1.29 is 4.74 Å². The van der Waals surface area contributed by atoms with Gasteiger partial charge in [0.15, 0.2) is 5.11 Å². The van der Waals surface area contributed by atoms with Crippen molar-refractivity contribution in [2.75, 3.05) is 6.61 Å². The molecule has 0 heterocycles. The Hall–Kier alpha value is -1.62. The molecule has 0 unspecified atom stereocenters. The lowest BCUT2D eigenvalue weighted by Crippen LogP contribution is -2.40. The number of thiocarbonyl (C=S) groups is 1. The molecule has 2 N–H and O–H groups in total. The van der Waals surface area contributed by atoms with Gasteiger partial charge in [0.25, 0.3) is 0 Å². The summed E-state index contributed by atoms with van der Waals surface area (Å²) in [4.78, 5) is 0. The highest BCUT2D eigenvalue weighted by Gasteiger charge is 2.13. The Morgan fingerprint density at radius 1 is 1.29 bits per heavy atom. The Morgan fingerprint density at radius 3 is 2.67 bits per heavy atom. The van der Waals surface area contributed by atoms with E-state index in [1.165, 1.54) is 32.1 Å². The zero-order chi connectivity index (χ0) is 14.9. The van der Waals surface area contributed by atoms with Crippen LogP contribution in [-0.4, -0.2) is 24.0 Å². The Balaban J connectivity index is 1.74. The predicted molar refractivity (Wildman–Crippen MR) is 90.9 cm³/mol. The molecule has 0 radical (unpaired) electrons. The van der Waals surface area contributed by atoms with Crippen molar-refractivity contribution in [3.05, 3.63) is 29.8 Å². The number of benzene rings is 1. The van der Waals surface area contributed by atoms with Crippen LogP contribution in [0.15, 0.2) is 29.4 Å². The number of ether oxygens (including phenoxy) is 1. The summed E-state index contributed by atoms with van der Waals surface area (Å²) in [6, 6.07) is 8.30. The lowest BCUT2D eigenvalue weighted by molar-refractivity contribution is 0.340. The number of nitrogens with zero attached hydrogens (tertiary/aromatic N) is 1. The third kappa shape index (κ3) is 5.71. The first kappa shape index (κ1) is 15.8. The monoisotopic (exact) mass is 305 g/mol. The molecule has 0 bridgehead atoms. The minimum Gasteiger partial charge on any atom is -0.494 e. The normalized spacial score (nSPS) is 15.9. The second kappa shape index (κ2) is 8.62. The number of hydrogen-bond acceptors (Lipinski definition) is 3. The van der Waals surface area contributed by atoms with Gasteiger partial charge >= 0.3 is 0 Å². The molecule has 1 aromatic rings. The standard InChI is InChI=1S/C16H23N3OS/c1-2-20-15-10-8-13(9-11-15)12-17-19-16(21)18-14-6-4-3-5-7-14/h8-12,14H,2-7H2,1H3,(H2,18,19,21)/b17-12+. The van der Waals surface area contributed by atoms with Gasteiger partial charge in [0.2, 0.25) is 0 Å². The lowest BCUT2D eigenvalue weighted by Gasteiger charge is -2.23. The second-order valence-electron chi connectivity index (χ2n) is 5.18. The van der Waals surface area contributed by atoms with E-state index in [0.717, 1.165) is 11.3 Å². The van der Waals surface area contributed by atoms with E-state index < -0.39 is 0 Å². The molecule has 1 aromatic carbocycles. The molecule has 5 heteroatoms. The summed E-state index contributed by atoms with van der Waals surface area (Å²) in [6.45, 7) is 2.65. The van der Waals surface area contributed by atoms with Gasteiger partial charge in [0.05, 0.1) is 12.8 Å². The van der Waals surface area contributed by atoms with Crippen molar-refractivity contribution in [1.82, 2.24) is 10.7 Å². The van der Waals surface area contributed by atoms with E-state index in [0.29, 0.717) is 17.8 Å². The minimum absolute atomic E-state index is 0.499. The smallest absolute Gasteiger partial charge is 0.187 e. The number of hydrazone groups is 1. The Morgan fingerprint density at radius 2 is 2.00 bits per heavy atom.